The SMILES string of the molecule is COc1ncnc(NS(=O)(=O)c2ccc(N=C3C(=O)Nc4ccc(C)cc43)cc2)c1OC. The molecule has 0 saturated heterocycles. The summed E-state index contributed by atoms with van der Waals surface area (Å²) in [7, 11) is -1.25. The third kappa shape index (κ3) is 3.97. The first-order chi connectivity index (χ1) is 15.3. The lowest BCUT2D eigenvalue weighted by atomic mass is 10.1. The van der Waals surface area contributed by atoms with Crippen LogP contribution in [0.2, 0.25) is 0 Å². The number of aromatic nitrogens is 2. The number of methoxy groups -OCH3 is 2. The molecule has 0 radical (unpaired) electrons. The zero-order valence-corrected chi connectivity index (χ0v) is 18.2. The van der Waals surface area contributed by atoms with Gasteiger partial charge in [0.05, 0.1) is 30.5 Å². The van der Waals surface area contributed by atoms with E-state index in [4.69, 9.17) is 9.47 Å². The maximum absolute atomic E-state index is 12.8. The minimum absolute atomic E-state index is 0.0202. The van der Waals surface area contributed by atoms with Gasteiger partial charge in [-0.3, -0.25) is 9.52 Å². The van der Waals surface area contributed by atoms with Crippen LogP contribution >= 0.6 is 0 Å². The Hall–Kier alpha value is -3.99. The van der Waals surface area contributed by atoms with Crippen LogP contribution in [-0.4, -0.2) is 44.2 Å². The Kier molecular flexibility index (Phi) is 5.49. The van der Waals surface area contributed by atoms with E-state index in [9.17, 15) is 13.2 Å². The maximum Gasteiger partial charge on any atom is 0.275 e. The normalized spacial score (nSPS) is 14.1. The van der Waals surface area contributed by atoms with Crippen LogP contribution in [0.4, 0.5) is 17.2 Å². The number of benzene rings is 2. The zero-order chi connectivity index (χ0) is 22.9. The molecular weight excluding hydrogens is 434 g/mol. The lowest BCUT2D eigenvalue weighted by molar-refractivity contribution is -0.110. The standard InChI is InChI=1S/C21H19N5O5S/c1-12-4-9-16-15(10-12)17(20(27)25-16)24-13-5-7-14(8-6-13)32(28,29)26-19-18(30-2)21(31-3)23-11-22-19/h4-11H,1-3H3,(H,22,23,26)(H,24,25,27). The molecule has 1 aliphatic rings. The van der Waals surface area contributed by atoms with Gasteiger partial charge in [-0.15, -0.1) is 0 Å². The van der Waals surface area contributed by atoms with E-state index >= 15 is 0 Å². The van der Waals surface area contributed by atoms with E-state index in [1.165, 1.54) is 38.5 Å². The molecule has 0 unspecified atom stereocenters. The van der Waals surface area contributed by atoms with E-state index in [0.717, 1.165) is 11.9 Å². The van der Waals surface area contributed by atoms with Crippen molar-refractivity contribution in [3.8, 4) is 11.6 Å². The fraction of sp³-hybridized carbons (Fsp3) is 0.143. The van der Waals surface area contributed by atoms with E-state index < -0.39 is 10.0 Å². The highest BCUT2D eigenvalue weighted by Gasteiger charge is 2.26. The molecular formula is C21H19N5O5S. The van der Waals surface area contributed by atoms with Crippen LogP contribution in [0, 0.1) is 6.92 Å². The summed E-state index contributed by atoms with van der Waals surface area (Å²) in [6.45, 7) is 1.93. The molecule has 0 saturated carbocycles. The molecule has 2 aromatic carbocycles. The first-order valence-corrected chi connectivity index (χ1v) is 10.9. The summed E-state index contributed by atoms with van der Waals surface area (Å²) in [4.78, 5) is 24.5. The molecule has 0 spiro atoms. The number of amides is 1. The van der Waals surface area contributed by atoms with Crippen LogP contribution in [0.15, 0.2) is 58.7 Å². The number of nitrogens with one attached hydrogen (secondary N) is 2. The molecule has 1 amide bonds. The van der Waals surface area contributed by atoms with Crippen LogP contribution < -0.4 is 19.5 Å². The lowest BCUT2D eigenvalue weighted by Gasteiger charge is -2.12. The fourth-order valence-corrected chi connectivity index (χ4v) is 4.16. The van der Waals surface area contributed by atoms with Crippen molar-refractivity contribution in [2.75, 3.05) is 24.3 Å². The van der Waals surface area contributed by atoms with Crippen molar-refractivity contribution in [2.45, 2.75) is 11.8 Å². The third-order valence-electron chi connectivity index (χ3n) is 4.68. The first-order valence-electron chi connectivity index (χ1n) is 9.39. The van der Waals surface area contributed by atoms with Gasteiger partial charge in [-0.05, 0) is 43.3 Å². The van der Waals surface area contributed by atoms with Crippen LogP contribution in [0.1, 0.15) is 11.1 Å². The molecule has 1 aromatic heterocycles. The number of sulfonamides is 1. The van der Waals surface area contributed by atoms with E-state index in [-0.39, 0.29) is 34.0 Å². The van der Waals surface area contributed by atoms with Crippen LogP contribution in [-0.2, 0) is 14.8 Å². The number of carbonyl (C=O) groups is 1. The number of rotatable bonds is 6. The molecule has 2 heterocycles. The number of hydrogen-bond acceptors (Lipinski definition) is 8. The topological polar surface area (TPSA) is 132 Å². The number of nitrogens with zero attached hydrogens (tertiary/aromatic N) is 3. The fourth-order valence-electron chi connectivity index (χ4n) is 3.15. The van der Waals surface area contributed by atoms with Crippen LogP contribution in [0.5, 0.6) is 11.6 Å². The zero-order valence-electron chi connectivity index (χ0n) is 17.4. The molecule has 164 valence electrons. The average Bonchev–Trinajstić information content (AvgIpc) is 3.08. The minimum atomic E-state index is -3.98. The second-order valence-electron chi connectivity index (χ2n) is 6.83. The Morgan fingerprint density at radius 3 is 2.47 bits per heavy atom. The summed E-state index contributed by atoms with van der Waals surface area (Å²) in [5.41, 5.74) is 3.10. The lowest BCUT2D eigenvalue weighted by Crippen LogP contribution is -2.15. The highest BCUT2D eigenvalue weighted by molar-refractivity contribution is 7.92. The largest absolute Gasteiger partial charge is 0.489 e. The van der Waals surface area contributed by atoms with Crippen molar-refractivity contribution in [2.24, 2.45) is 4.99 Å². The van der Waals surface area contributed by atoms with Crippen molar-refractivity contribution >= 4 is 38.8 Å². The Morgan fingerprint density at radius 2 is 1.78 bits per heavy atom. The Morgan fingerprint density at radius 1 is 1.03 bits per heavy atom. The second kappa shape index (κ2) is 8.27. The molecule has 3 aromatic rings. The molecule has 32 heavy (non-hydrogen) atoms. The van der Waals surface area contributed by atoms with E-state index in [0.29, 0.717) is 16.9 Å². The molecule has 2 N–H and O–H groups in total. The number of fused-ring (bicyclic) bond motifs is 1. The summed E-state index contributed by atoms with van der Waals surface area (Å²) in [5.74, 6) is -0.216. The highest BCUT2D eigenvalue weighted by atomic mass is 32.2. The Labute approximate surface area is 184 Å². The summed E-state index contributed by atoms with van der Waals surface area (Å²) in [6.07, 6.45) is 1.16. The van der Waals surface area contributed by atoms with Gasteiger partial charge in [0.1, 0.15) is 12.0 Å². The smallest absolute Gasteiger partial charge is 0.275 e. The van der Waals surface area contributed by atoms with E-state index in [1.54, 1.807) is 0 Å². The highest BCUT2D eigenvalue weighted by Crippen LogP contribution is 2.32. The second-order valence-corrected chi connectivity index (χ2v) is 8.51. The van der Waals surface area contributed by atoms with Crippen LogP contribution in [0.3, 0.4) is 0 Å². The van der Waals surface area contributed by atoms with E-state index in [1.807, 2.05) is 25.1 Å². The number of ether oxygens (including phenoxy) is 2. The quantitative estimate of drug-likeness (QED) is 0.586. The van der Waals surface area contributed by atoms with Crippen molar-refractivity contribution in [1.82, 2.24) is 9.97 Å². The van der Waals surface area contributed by atoms with Gasteiger partial charge in [-0.1, -0.05) is 11.6 Å². The average molecular weight is 453 g/mol. The van der Waals surface area contributed by atoms with Gasteiger partial charge in [0, 0.05) is 5.56 Å². The number of carbonyl (C=O) groups excluding carboxylic acids is 1. The molecule has 0 fully saturated rings. The van der Waals surface area contributed by atoms with Gasteiger partial charge < -0.3 is 14.8 Å². The maximum atomic E-state index is 12.8. The minimum Gasteiger partial charge on any atom is -0.489 e. The van der Waals surface area contributed by atoms with Gasteiger partial charge in [-0.2, -0.15) is 4.98 Å². The summed E-state index contributed by atoms with van der Waals surface area (Å²) in [5, 5.41) is 2.77. The van der Waals surface area contributed by atoms with Crippen LogP contribution in [0.25, 0.3) is 0 Å². The number of aliphatic imine (C=N–C) groups is 1. The molecule has 4 rings (SSSR count). The summed E-state index contributed by atoms with van der Waals surface area (Å²) in [6, 6.07) is 11.4. The van der Waals surface area contributed by atoms with Gasteiger partial charge in [0.25, 0.3) is 21.8 Å². The molecule has 11 heteroatoms. The third-order valence-corrected chi connectivity index (χ3v) is 6.04. The molecule has 0 bridgehead atoms. The van der Waals surface area contributed by atoms with Crippen molar-refractivity contribution in [1.29, 1.82) is 0 Å². The monoisotopic (exact) mass is 453 g/mol. The Balaban J connectivity index is 1.62. The first kappa shape index (κ1) is 21.2. The van der Waals surface area contributed by atoms with E-state index in [2.05, 4.69) is 25.0 Å². The number of hydrogen-bond donors (Lipinski definition) is 2. The van der Waals surface area contributed by atoms with Gasteiger partial charge >= 0.3 is 0 Å². The molecule has 0 atom stereocenters. The summed E-state index contributed by atoms with van der Waals surface area (Å²) >= 11 is 0. The van der Waals surface area contributed by atoms with Gasteiger partial charge in [0.15, 0.2) is 5.82 Å². The van der Waals surface area contributed by atoms with Gasteiger partial charge in [0.2, 0.25) is 5.75 Å². The van der Waals surface area contributed by atoms with Crippen molar-refractivity contribution < 1.29 is 22.7 Å². The number of aryl methyl sites for hydroxylation is 1. The van der Waals surface area contributed by atoms with Gasteiger partial charge in [-0.25, -0.2) is 18.4 Å². The van der Waals surface area contributed by atoms with Crippen molar-refractivity contribution in [3.05, 3.63) is 59.9 Å². The molecule has 1 aliphatic heterocycles. The molecule has 0 aliphatic carbocycles. The number of anilines is 2. The Bertz CT molecular complexity index is 1340. The predicted octanol–water partition coefficient (Wildman–Crippen LogP) is 2.68. The summed E-state index contributed by atoms with van der Waals surface area (Å²) < 4.78 is 38.2. The molecule has 10 nitrogen and oxygen atoms in total. The predicted molar refractivity (Wildman–Crippen MR) is 118 cm³/mol. The van der Waals surface area contributed by atoms with Crippen molar-refractivity contribution in [3.63, 3.8) is 0 Å².